The Morgan fingerprint density at radius 3 is 2.30 bits per heavy atom. The fourth-order valence-corrected chi connectivity index (χ4v) is 7.37. The van der Waals surface area contributed by atoms with Crippen molar-refractivity contribution in [2.75, 3.05) is 24.2 Å². The fraction of sp³-hybridized carbons (Fsp3) is 0.412. The van der Waals surface area contributed by atoms with Crippen LogP contribution < -0.4 is 14.4 Å². The molecule has 236 valence electrons. The van der Waals surface area contributed by atoms with Crippen LogP contribution in [0.2, 0.25) is 0 Å². The summed E-state index contributed by atoms with van der Waals surface area (Å²) in [6.45, 7) is 3.45. The quantitative estimate of drug-likeness (QED) is 0.225. The second kappa shape index (κ2) is 15.5. The van der Waals surface area contributed by atoms with Crippen molar-refractivity contribution in [1.82, 2.24) is 10.2 Å². The average Bonchev–Trinajstić information content (AvgIpc) is 3.04. The van der Waals surface area contributed by atoms with E-state index < -0.39 is 28.5 Å². The largest absolute Gasteiger partial charge is 0.497 e. The first-order valence-electron chi connectivity index (χ1n) is 15.1. The third-order valence-electron chi connectivity index (χ3n) is 8.07. The summed E-state index contributed by atoms with van der Waals surface area (Å²) in [4.78, 5) is 30.6. The molecule has 1 saturated carbocycles. The lowest BCUT2D eigenvalue weighted by atomic mass is 9.95. The molecule has 0 aromatic heterocycles. The highest BCUT2D eigenvalue weighted by molar-refractivity contribution is 7.98. The monoisotopic (exact) mass is 637 g/mol. The molecule has 4 rings (SSSR count). The van der Waals surface area contributed by atoms with Gasteiger partial charge in [0.1, 0.15) is 18.3 Å². The number of benzene rings is 3. The topological polar surface area (TPSA) is 96.0 Å². The molecular formula is C34H43N3O5S2. The molecule has 10 heteroatoms. The number of hydrogen-bond acceptors (Lipinski definition) is 6. The maximum Gasteiger partial charge on any atom is 0.264 e. The molecule has 3 aromatic carbocycles. The van der Waals surface area contributed by atoms with Crippen LogP contribution in [0.5, 0.6) is 5.75 Å². The van der Waals surface area contributed by atoms with Crippen molar-refractivity contribution < 1.29 is 22.7 Å². The van der Waals surface area contributed by atoms with E-state index >= 15 is 0 Å². The van der Waals surface area contributed by atoms with Crippen LogP contribution in [0.1, 0.15) is 56.6 Å². The van der Waals surface area contributed by atoms with E-state index in [9.17, 15) is 18.0 Å². The molecule has 3 aromatic rings. The smallest absolute Gasteiger partial charge is 0.264 e. The lowest BCUT2D eigenvalue weighted by Crippen LogP contribution is -2.54. The molecular weight excluding hydrogens is 595 g/mol. The minimum atomic E-state index is -4.12. The van der Waals surface area contributed by atoms with Crippen LogP contribution in [0, 0.1) is 6.92 Å². The number of amides is 2. The number of nitrogens with one attached hydrogen (secondary N) is 1. The van der Waals surface area contributed by atoms with Gasteiger partial charge in [-0.15, -0.1) is 11.8 Å². The second-order valence-electron chi connectivity index (χ2n) is 11.2. The summed E-state index contributed by atoms with van der Waals surface area (Å²) in [5.41, 5.74) is 2.12. The summed E-state index contributed by atoms with van der Waals surface area (Å²) in [5, 5.41) is 3.18. The Labute approximate surface area is 266 Å². The fourth-order valence-electron chi connectivity index (χ4n) is 5.55. The van der Waals surface area contributed by atoms with Crippen molar-refractivity contribution in [3.05, 3.63) is 83.9 Å². The molecule has 0 saturated heterocycles. The van der Waals surface area contributed by atoms with E-state index in [0.29, 0.717) is 17.9 Å². The first kappa shape index (κ1) is 33.4. The third kappa shape index (κ3) is 8.35. The zero-order valence-electron chi connectivity index (χ0n) is 26.0. The number of methoxy groups -OCH3 is 1. The molecule has 1 atom stereocenters. The minimum absolute atomic E-state index is 0.0766. The summed E-state index contributed by atoms with van der Waals surface area (Å²) in [5.74, 6) is -0.0523. The number of nitrogens with zero attached hydrogens (tertiary/aromatic N) is 2. The van der Waals surface area contributed by atoms with E-state index in [1.54, 1.807) is 43.5 Å². The molecule has 1 aliphatic carbocycles. The highest BCUT2D eigenvalue weighted by Gasteiger charge is 2.34. The van der Waals surface area contributed by atoms with Gasteiger partial charge in [-0.2, -0.15) is 0 Å². The number of rotatable bonds is 13. The highest BCUT2D eigenvalue weighted by atomic mass is 32.2. The molecule has 0 aliphatic heterocycles. The molecule has 0 bridgehead atoms. The second-order valence-corrected chi connectivity index (χ2v) is 13.9. The standard InChI is InChI=1S/C34H43N3O5S2/c1-5-32(34(39)35-27-11-7-6-8-12-27)36(23-26-10-9-13-29(22-26)42-3)33(38)24-37(28-16-14-25(2)15-17-28)44(40,41)31-20-18-30(43-4)19-21-31/h9-10,13-22,27,32H,5-8,11-12,23-24H2,1-4H3,(H,35,39). The number of aryl methyl sites for hydroxylation is 1. The molecule has 1 aliphatic rings. The normalized spacial score (nSPS) is 14.5. The molecule has 2 amide bonds. The van der Waals surface area contributed by atoms with Crippen LogP contribution in [-0.2, 0) is 26.2 Å². The highest BCUT2D eigenvalue weighted by Crippen LogP contribution is 2.27. The number of thioether (sulfide) groups is 1. The summed E-state index contributed by atoms with van der Waals surface area (Å²) >= 11 is 1.52. The van der Waals surface area contributed by atoms with Gasteiger partial charge in [-0.05, 0) is 86.5 Å². The molecule has 0 spiro atoms. The number of ether oxygens (including phenoxy) is 1. The Morgan fingerprint density at radius 2 is 1.68 bits per heavy atom. The summed E-state index contributed by atoms with van der Waals surface area (Å²) < 4.78 is 34.8. The predicted octanol–water partition coefficient (Wildman–Crippen LogP) is 6.18. The van der Waals surface area contributed by atoms with E-state index in [2.05, 4.69) is 5.32 Å². The first-order chi connectivity index (χ1) is 21.2. The van der Waals surface area contributed by atoms with Gasteiger partial charge in [0.2, 0.25) is 11.8 Å². The van der Waals surface area contributed by atoms with Crippen molar-refractivity contribution >= 4 is 39.3 Å². The average molecular weight is 638 g/mol. The van der Waals surface area contributed by atoms with E-state index in [1.165, 1.54) is 16.7 Å². The van der Waals surface area contributed by atoms with Crippen LogP contribution in [-0.4, -0.2) is 57.1 Å². The van der Waals surface area contributed by atoms with Crippen LogP contribution >= 0.6 is 11.8 Å². The molecule has 8 nitrogen and oxygen atoms in total. The molecule has 1 unspecified atom stereocenters. The Kier molecular flexibility index (Phi) is 11.7. The van der Waals surface area contributed by atoms with Gasteiger partial charge < -0.3 is 15.0 Å². The number of sulfonamides is 1. The van der Waals surface area contributed by atoms with Crippen LogP contribution in [0.25, 0.3) is 0 Å². The molecule has 0 heterocycles. The zero-order valence-corrected chi connectivity index (χ0v) is 27.6. The maximum atomic E-state index is 14.3. The summed E-state index contributed by atoms with van der Waals surface area (Å²) in [6, 6.07) is 20.3. The van der Waals surface area contributed by atoms with Crippen LogP contribution in [0.3, 0.4) is 0 Å². The molecule has 1 fully saturated rings. The van der Waals surface area contributed by atoms with Crippen molar-refractivity contribution in [2.24, 2.45) is 0 Å². The van der Waals surface area contributed by atoms with Gasteiger partial charge in [0.15, 0.2) is 0 Å². The van der Waals surface area contributed by atoms with Gasteiger partial charge >= 0.3 is 0 Å². The zero-order chi connectivity index (χ0) is 31.7. The maximum absolute atomic E-state index is 14.3. The lowest BCUT2D eigenvalue weighted by molar-refractivity contribution is -0.140. The lowest BCUT2D eigenvalue weighted by Gasteiger charge is -2.34. The Morgan fingerprint density at radius 1 is 1.00 bits per heavy atom. The van der Waals surface area contributed by atoms with Crippen LogP contribution in [0.15, 0.2) is 82.6 Å². The number of hydrogen-bond donors (Lipinski definition) is 1. The van der Waals surface area contributed by atoms with Gasteiger partial charge in [-0.25, -0.2) is 8.42 Å². The van der Waals surface area contributed by atoms with Crippen molar-refractivity contribution in [1.29, 1.82) is 0 Å². The van der Waals surface area contributed by atoms with Crippen LogP contribution in [0.4, 0.5) is 5.69 Å². The van der Waals surface area contributed by atoms with E-state index in [1.807, 2.05) is 56.5 Å². The molecule has 1 N–H and O–H groups in total. The van der Waals surface area contributed by atoms with Gasteiger partial charge in [0.25, 0.3) is 10.0 Å². The van der Waals surface area contributed by atoms with Gasteiger partial charge in [0, 0.05) is 17.5 Å². The van der Waals surface area contributed by atoms with Gasteiger partial charge in [-0.3, -0.25) is 13.9 Å². The van der Waals surface area contributed by atoms with Crippen molar-refractivity contribution in [2.45, 2.75) is 80.8 Å². The first-order valence-corrected chi connectivity index (χ1v) is 17.8. The minimum Gasteiger partial charge on any atom is -0.497 e. The van der Waals surface area contributed by atoms with E-state index in [0.717, 1.165) is 52.4 Å². The number of carbonyl (C=O) groups is 2. The van der Waals surface area contributed by atoms with Crippen molar-refractivity contribution in [3.63, 3.8) is 0 Å². The predicted molar refractivity (Wildman–Crippen MR) is 177 cm³/mol. The Balaban J connectivity index is 1.71. The number of carbonyl (C=O) groups excluding carboxylic acids is 2. The van der Waals surface area contributed by atoms with E-state index in [4.69, 9.17) is 4.74 Å². The third-order valence-corrected chi connectivity index (χ3v) is 10.6. The summed E-state index contributed by atoms with van der Waals surface area (Å²) in [6.07, 6.45) is 7.42. The van der Waals surface area contributed by atoms with Crippen molar-refractivity contribution in [3.8, 4) is 5.75 Å². The summed E-state index contributed by atoms with van der Waals surface area (Å²) in [7, 11) is -2.55. The Hall–Kier alpha value is -3.50. The van der Waals surface area contributed by atoms with E-state index in [-0.39, 0.29) is 23.4 Å². The van der Waals surface area contributed by atoms with Gasteiger partial charge in [-0.1, -0.05) is 56.0 Å². The van der Waals surface area contributed by atoms with Gasteiger partial charge in [0.05, 0.1) is 17.7 Å². The number of anilines is 1. The SMILES string of the molecule is CCC(C(=O)NC1CCCCC1)N(Cc1cccc(OC)c1)C(=O)CN(c1ccc(C)cc1)S(=O)(=O)c1ccc(SC)cc1. The molecule has 44 heavy (non-hydrogen) atoms. The Bertz CT molecular complexity index is 1500. The molecule has 0 radical (unpaired) electrons.